The molecule has 0 radical (unpaired) electrons. The van der Waals surface area contributed by atoms with E-state index in [0.717, 1.165) is 5.56 Å². The lowest BCUT2D eigenvalue weighted by molar-refractivity contribution is 0.107. The van der Waals surface area contributed by atoms with Crippen molar-refractivity contribution in [2.24, 2.45) is 0 Å². The molecule has 0 fully saturated rings. The molecule has 2 rings (SSSR count). The summed E-state index contributed by atoms with van der Waals surface area (Å²) in [4.78, 5) is 0.189. The van der Waals surface area contributed by atoms with Crippen molar-refractivity contribution in [1.82, 2.24) is 4.72 Å². The van der Waals surface area contributed by atoms with Gasteiger partial charge >= 0.3 is 0 Å². The topological polar surface area (TPSA) is 55.4 Å². The van der Waals surface area contributed by atoms with E-state index in [0.29, 0.717) is 5.56 Å². The molecule has 25 heavy (non-hydrogen) atoms. The second-order valence-electron chi connectivity index (χ2n) is 6.91. The number of methoxy groups -OCH3 is 1. The highest BCUT2D eigenvalue weighted by Crippen LogP contribution is 2.24. The Morgan fingerprint density at radius 1 is 1.12 bits per heavy atom. The second kappa shape index (κ2) is 7.64. The van der Waals surface area contributed by atoms with E-state index in [2.05, 4.69) is 25.5 Å². The summed E-state index contributed by atoms with van der Waals surface area (Å²) < 4.78 is 46.1. The standard InChI is InChI=1S/C19H24FNO3S/c1-19(2,3)15-8-10-17(11-9-15)25(22,23)21-13-18(24-4)14-6-5-7-16(20)12-14/h5-12,18,21H,13H2,1-4H3. The van der Waals surface area contributed by atoms with Gasteiger partial charge in [0.25, 0.3) is 0 Å². The number of rotatable bonds is 6. The van der Waals surface area contributed by atoms with Crippen LogP contribution in [0.15, 0.2) is 53.4 Å². The Morgan fingerprint density at radius 2 is 1.76 bits per heavy atom. The van der Waals surface area contributed by atoms with Crippen LogP contribution in [-0.2, 0) is 20.2 Å². The fraction of sp³-hybridized carbons (Fsp3) is 0.368. The molecule has 136 valence electrons. The molecule has 0 saturated carbocycles. The van der Waals surface area contributed by atoms with E-state index >= 15 is 0 Å². The van der Waals surface area contributed by atoms with E-state index in [4.69, 9.17) is 4.74 Å². The van der Waals surface area contributed by atoms with Crippen LogP contribution in [0.5, 0.6) is 0 Å². The van der Waals surface area contributed by atoms with E-state index in [-0.39, 0.29) is 22.7 Å². The summed E-state index contributed by atoms with van der Waals surface area (Å²) >= 11 is 0. The van der Waals surface area contributed by atoms with Gasteiger partial charge in [-0.25, -0.2) is 17.5 Å². The number of hydrogen-bond donors (Lipinski definition) is 1. The van der Waals surface area contributed by atoms with Gasteiger partial charge in [-0.2, -0.15) is 0 Å². The fourth-order valence-electron chi connectivity index (χ4n) is 2.45. The zero-order valence-electron chi connectivity index (χ0n) is 14.9. The smallest absolute Gasteiger partial charge is 0.240 e. The Hall–Kier alpha value is -1.76. The Kier molecular flexibility index (Phi) is 5.98. The number of sulfonamides is 1. The van der Waals surface area contributed by atoms with Gasteiger partial charge in [0.2, 0.25) is 10.0 Å². The molecule has 0 spiro atoms. The average Bonchev–Trinajstić information content (AvgIpc) is 2.55. The Bertz CT molecular complexity index is 811. The molecule has 0 aliphatic rings. The molecule has 2 aromatic rings. The highest BCUT2D eigenvalue weighted by molar-refractivity contribution is 7.89. The monoisotopic (exact) mass is 365 g/mol. The molecule has 2 aromatic carbocycles. The lowest BCUT2D eigenvalue weighted by Crippen LogP contribution is -2.29. The maximum atomic E-state index is 13.3. The molecule has 4 nitrogen and oxygen atoms in total. The number of halogens is 1. The predicted molar refractivity (Wildman–Crippen MR) is 96.5 cm³/mol. The lowest BCUT2D eigenvalue weighted by atomic mass is 9.87. The normalized spacial score (nSPS) is 13.6. The minimum atomic E-state index is -3.67. The molecule has 0 aromatic heterocycles. The van der Waals surface area contributed by atoms with Gasteiger partial charge in [-0.3, -0.25) is 0 Å². The molecule has 0 bridgehead atoms. The van der Waals surface area contributed by atoms with Crippen LogP contribution in [0.3, 0.4) is 0 Å². The Morgan fingerprint density at radius 3 is 2.28 bits per heavy atom. The van der Waals surface area contributed by atoms with Crippen molar-refractivity contribution in [1.29, 1.82) is 0 Å². The van der Waals surface area contributed by atoms with E-state index in [1.54, 1.807) is 24.3 Å². The van der Waals surface area contributed by atoms with Crippen LogP contribution in [0.2, 0.25) is 0 Å². The number of benzene rings is 2. The van der Waals surface area contributed by atoms with Crippen molar-refractivity contribution in [3.8, 4) is 0 Å². The van der Waals surface area contributed by atoms with Crippen LogP contribution in [0.4, 0.5) is 4.39 Å². The van der Waals surface area contributed by atoms with Crippen molar-refractivity contribution in [3.63, 3.8) is 0 Å². The van der Waals surface area contributed by atoms with Crippen molar-refractivity contribution in [2.45, 2.75) is 37.2 Å². The molecular formula is C19H24FNO3S. The van der Waals surface area contributed by atoms with Gasteiger partial charge in [-0.1, -0.05) is 45.0 Å². The lowest BCUT2D eigenvalue weighted by Gasteiger charge is -2.20. The zero-order chi connectivity index (χ0) is 18.7. The molecular weight excluding hydrogens is 341 g/mol. The molecule has 0 amide bonds. The summed E-state index contributed by atoms with van der Waals surface area (Å²) in [7, 11) is -2.21. The number of ether oxygens (including phenoxy) is 1. The highest BCUT2D eigenvalue weighted by atomic mass is 32.2. The fourth-order valence-corrected chi connectivity index (χ4v) is 3.48. The Labute approximate surface area is 149 Å². The van der Waals surface area contributed by atoms with Crippen LogP contribution in [0, 0.1) is 5.82 Å². The first-order chi connectivity index (χ1) is 11.6. The van der Waals surface area contributed by atoms with Crippen molar-refractivity contribution < 1.29 is 17.5 Å². The van der Waals surface area contributed by atoms with Gasteiger partial charge in [0.05, 0.1) is 11.0 Å². The van der Waals surface area contributed by atoms with Gasteiger partial charge in [-0.05, 0) is 40.8 Å². The first-order valence-electron chi connectivity index (χ1n) is 8.02. The van der Waals surface area contributed by atoms with Crippen molar-refractivity contribution in [3.05, 3.63) is 65.5 Å². The minimum Gasteiger partial charge on any atom is -0.375 e. The Balaban J connectivity index is 2.12. The van der Waals surface area contributed by atoms with Gasteiger partial charge in [0.1, 0.15) is 5.82 Å². The van der Waals surface area contributed by atoms with E-state index in [1.165, 1.54) is 19.2 Å². The quantitative estimate of drug-likeness (QED) is 0.847. The van der Waals surface area contributed by atoms with Crippen molar-refractivity contribution >= 4 is 10.0 Å². The average molecular weight is 365 g/mol. The van der Waals surface area contributed by atoms with E-state index < -0.39 is 16.1 Å². The molecule has 0 saturated heterocycles. The molecule has 1 atom stereocenters. The van der Waals surface area contributed by atoms with Gasteiger partial charge in [-0.15, -0.1) is 0 Å². The molecule has 0 aliphatic carbocycles. The van der Waals surface area contributed by atoms with Crippen LogP contribution in [0.25, 0.3) is 0 Å². The first-order valence-corrected chi connectivity index (χ1v) is 9.50. The molecule has 6 heteroatoms. The zero-order valence-corrected chi connectivity index (χ0v) is 15.7. The summed E-state index contributed by atoms with van der Waals surface area (Å²) in [5.74, 6) is -0.389. The third-order valence-corrected chi connectivity index (χ3v) is 5.43. The maximum Gasteiger partial charge on any atom is 0.240 e. The largest absolute Gasteiger partial charge is 0.375 e. The molecule has 1 unspecified atom stereocenters. The third kappa shape index (κ3) is 5.11. The van der Waals surface area contributed by atoms with Crippen LogP contribution in [-0.4, -0.2) is 22.1 Å². The summed E-state index contributed by atoms with van der Waals surface area (Å²) in [6.45, 7) is 6.22. The van der Waals surface area contributed by atoms with Gasteiger partial charge in [0.15, 0.2) is 0 Å². The second-order valence-corrected chi connectivity index (χ2v) is 8.67. The van der Waals surface area contributed by atoms with Crippen LogP contribution in [0.1, 0.15) is 38.0 Å². The third-order valence-electron chi connectivity index (χ3n) is 3.99. The van der Waals surface area contributed by atoms with Crippen molar-refractivity contribution in [2.75, 3.05) is 13.7 Å². The molecule has 0 aliphatic heterocycles. The summed E-state index contributed by atoms with van der Waals surface area (Å²) in [5, 5.41) is 0. The highest BCUT2D eigenvalue weighted by Gasteiger charge is 2.20. The summed E-state index contributed by atoms with van der Waals surface area (Å²) in [6.07, 6.45) is -0.570. The van der Waals surface area contributed by atoms with Gasteiger partial charge < -0.3 is 4.74 Å². The SMILES string of the molecule is COC(CNS(=O)(=O)c1ccc(C(C)(C)C)cc1)c1cccc(F)c1. The predicted octanol–water partition coefficient (Wildman–Crippen LogP) is 3.79. The van der Waals surface area contributed by atoms with Crippen LogP contribution >= 0.6 is 0 Å². The van der Waals surface area contributed by atoms with E-state index in [9.17, 15) is 12.8 Å². The summed E-state index contributed by atoms with van der Waals surface area (Å²) in [5.41, 5.74) is 1.59. The first kappa shape index (κ1) is 19.6. The number of nitrogens with one attached hydrogen (secondary N) is 1. The van der Waals surface area contributed by atoms with Crippen LogP contribution < -0.4 is 4.72 Å². The molecule has 0 heterocycles. The molecule has 1 N–H and O–H groups in total. The minimum absolute atomic E-state index is 0.0172. The van der Waals surface area contributed by atoms with Gasteiger partial charge in [0, 0.05) is 13.7 Å². The van der Waals surface area contributed by atoms with E-state index in [1.807, 2.05) is 12.1 Å². The summed E-state index contributed by atoms with van der Waals surface area (Å²) in [6, 6.07) is 12.7. The number of hydrogen-bond acceptors (Lipinski definition) is 3. The maximum absolute atomic E-state index is 13.3.